The van der Waals surface area contributed by atoms with E-state index in [-0.39, 0.29) is 23.4 Å². The Bertz CT molecular complexity index is 857. The van der Waals surface area contributed by atoms with Crippen molar-refractivity contribution in [2.24, 2.45) is 5.92 Å². The van der Waals surface area contributed by atoms with Crippen LogP contribution in [-0.4, -0.2) is 42.8 Å². The van der Waals surface area contributed by atoms with Crippen LogP contribution in [0.2, 0.25) is 0 Å². The van der Waals surface area contributed by atoms with Crippen LogP contribution in [0.25, 0.3) is 0 Å². The lowest BCUT2D eigenvalue weighted by Gasteiger charge is -2.31. The Kier molecular flexibility index (Phi) is 5.53. The molecule has 4 nitrogen and oxygen atoms in total. The molecule has 0 aromatic heterocycles. The van der Waals surface area contributed by atoms with Crippen LogP contribution >= 0.6 is 0 Å². The quantitative estimate of drug-likeness (QED) is 0.718. The number of Topliss-reactive ketones (excluding diaryl/α,β-unsaturated/α-hetero) is 1. The molecule has 0 N–H and O–H groups in total. The maximum absolute atomic E-state index is 13.0. The summed E-state index contributed by atoms with van der Waals surface area (Å²) in [4.78, 5) is 29.1. The minimum absolute atomic E-state index is 0.0220. The fourth-order valence-corrected chi connectivity index (χ4v) is 4.28. The summed E-state index contributed by atoms with van der Waals surface area (Å²) in [5, 5.41) is 0. The summed E-state index contributed by atoms with van der Waals surface area (Å²) >= 11 is 0. The van der Waals surface area contributed by atoms with E-state index in [9.17, 15) is 14.0 Å². The molecule has 0 bridgehead atoms. The SMILES string of the molecule is O=C(c1ccc(F)cc1)C1CCN(CCCN2C(=O)Cc3ccccc32)CC1. The summed E-state index contributed by atoms with van der Waals surface area (Å²) in [6.45, 7) is 3.46. The molecule has 5 heteroatoms. The first-order valence-electron chi connectivity index (χ1n) is 10.0. The zero-order chi connectivity index (χ0) is 19.5. The molecule has 0 unspecified atom stereocenters. The normalized spacial score (nSPS) is 17.8. The number of nitrogens with zero attached hydrogens (tertiary/aromatic N) is 2. The Morgan fingerprint density at radius 2 is 1.71 bits per heavy atom. The molecular formula is C23H25FN2O2. The molecule has 0 saturated carbocycles. The largest absolute Gasteiger partial charge is 0.312 e. The Morgan fingerprint density at radius 3 is 2.46 bits per heavy atom. The summed E-state index contributed by atoms with van der Waals surface area (Å²) in [6, 6.07) is 13.9. The van der Waals surface area contributed by atoms with Crippen molar-refractivity contribution < 1.29 is 14.0 Å². The van der Waals surface area contributed by atoms with Crippen LogP contribution in [-0.2, 0) is 11.2 Å². The van der Waals surface area contributed by atoms with Gasteiger partial charge in [0.15, 0.2) is 5.78 Å². The number of fused-ring (bicyclic) bond motifs is 1. The summed E-state index contributed by atoms with van der Waals surface area (Å²) < 4.78 is 13.0. The van der Waals surface area contributed by atoms with Gasteiger partial charge in [-0.1, -0.05) is 18.2 Å². The average molecular weight is 380 g/mol. The molecule has 28 heavy (non-hydrogen) atoms. The molecule has 2 aliphatic heterocycles. The zero-order valence-corrected chi connectivity index (χ0v) is 15.9. The van der Waals surface area contributed by atoms with Crippen molar-refractivity contribution in [1.29, 1.82) is 0 Å². The van der Waals surface area contributed by atoms with Gasteiger partial charge in [-0.05, 0) is 74.8 Å². The van der Waals surface area contributed by atoms with Gasteiger partial charge >= 0.3 is 0 Å². The lowest BCUT2D eigenvalue weighted by atomic mass is 9.89. The second-order valence-electron chi connectivity index (χ2n) is 7.69. The fraction of sp³-hybridized carbons (Fsp3) is 0.391. The molecule has 2 aromatic rings. The summed E-state index contributed by atoms with van der Waals surface area (Å²) in [6.07, 6.45) is 3.10. The Balaban J connectivity index is 1.23. The highest BCUT2D eigenvalue weighted by Gasteiger charge is 2.28. The van der Waals surface area contributed by atoms with Gasteiger partial charge in [-0.3, -0.25) is 9.59 Å². The highest BCUT2D eigenvalue weighted by atomic mass is 19.1. The molecule has 1 amide bonds. The van der Waals surface area contributed by atoms with Crippen molar-refractivity contribution >= 4 is 17.4 Å². The lowest BCUT2D eigenvalue weighted by molar-refractivity contribution is -0.117. The number of piperidine rings is 1. The monoisotopic (exact) mass is 380 g/mol. The van der Waals surface area contributed by atoms with Crippen LogP contribution < -0.4 is 4.90 Å². The van der Waals surface area contributed by atoms with Crippen LogP contribution in [0.5, 0.6) is 0 Å². The number of hydrogen-bond donors (Lipinski definition) is 0. The molecule has 146 valence electrons. The minimum Gasteiger partial charge on any atom is -0.312 e. The van der Waals surface area contributed by atoms with Gasteiger partial charge in [0.25, 0.3) is 0 Å². The number of benzene rings is 2. The second-order valence-corrected chi connectivity index (χ2v) is 7.69. The number of likely N-dealkylation sites (tertiary alicyclic amines) is 1. The van der Waals surface area contributed by atoms with Gasteiger partial charge in [-0.25, -0.2) is 4.39 Å². The van der Waals surface area contributed by atoms with Crippen molar-refractivity contribution in [2.45, 2.75) is 25.7 Å². The van der Waals surface area contributed by atoms with Crippen molar-refractivity contribution in [1.82, 2.24) is 4.90 Å². The van der Waals surface area contributed by atoms with E-state index in [1.54, 1.807) is 12.1 Å². The molecule has 4 rings (SSSR count). The summed E-state index contributed by atoms with van der Waals surface area (Å²) in [7, 11) is 0. The van der Waals surface area contributed by atoms with Crippen LogP contribution in [0.3, 0.4) is 0 Å². The smallest absolute Gasteiger partial charge is 0.231 e. The van der Waals surface area contributed by atoms with Gasteiger partial charge < -0.3 is 9.80 Å². The van der Waals surface area contributed by atoms with Crippen molar-refractivity contribution in [3.05, 3.63) is 65.5 Å². The molecule has 1 saturated heterocycles. The lowest BCUT2D eigenvalue weighted by Crippen LogP contribution is -2.38. The predicted octanol–water partition coefficient (Wildman–Crippen LogP) is 3.70. The molecule has 0 atom stereocenters. The number of hydrogen-bond acceptors (Lipinski definition) is 3. The number of ketones is 1. The number of para-hydroxylation sites is 1. The molecule has 2 heterocycles. The van der Waals surface area contributed by atoms with Crippen molar-refractivity contribution in [2.75, 3.05) is 31.1 Å². The molecule has 0 spiro atoms. The van der Waals surface area contributed by atoms with Gasteiger partial charge in [-0.15, -0.1) is 0 Å². The van der Waals surface area contributed by atoms with E-state index in [2.05, 4.69) is 4.90 Å². The molecule has 1 fully saturated rings. The van der Waals surface area contributed by atoms with E-state index in [1.165, 1.54) is 12.1 Å². The van der Waals surface area contributed by atoms with Crippen LogP contribution in [0.4, 0.5) is 10.1 Å². The number of halogens is 1. The predicted molar refractivity (Wildman–Crippen MR) is 107 cm³/mol. The average Bonchev–Trinajstić information content (AvgIpc) is 3.04. The van der Waals surface area contributed by atoms with Gasteiger partial charge in [0.2, 0.25) is 5.91 Å². The van der Waals surface area contributed by atoms with Crippen molar-refractivity contribution in [3.63, 3.8) is 0 Å². The Labute approximate surface area is 164 Å². The number of rotatable bonds is 6. The van der Waals surface area contributed by atoms with Gasteiger partial charge in [0, 0.05) is 23.7 Å². The molecule has 2 aromatic carbocycles. The van der Waals surface area contributed by atoms with Crippen LogP contribution in [0.15, 0.2) is 48.5 Å². The topological polar surface area (TPSA) is 40.6 Å². The van der Waals surface area contributed by atoms with E-state index in [4.69, 9.17) is 0 Å². The van der Waals surface area contributed by atoms with E-state index < -0.39 is 0 Å². The van der Waals surface area contributed by atoms with Gasteiger partial charge in [-0.2, -0.15) is 0 Å². The highest BCUT2D eigenvalue weighted by molar-refractivity contribution is 6.01. The van der Waals surface area contributed by atoms with Gasteiger partial charge in [0.1, 0.15) is 5.82 Å². The van der Waals surface area contributed by atoms with E-state index >= 15 is 0 Å². The maximum Gasteiger partial charge on any atom is 0.231 e. The third-order valence-corrected chi connectivity index (χ3v) is 5.87. The standard InChI is InChI=1S/C23H25FN2O2/c24-20-8-6-17(7-9-20)23(28)18-10-14-25(15-11-18)12-3-13-26-21-5-2-1-4-19(21)16-22(26)27/h1-2,4-9,18H,3,10-16H2. The summed E-state index contributed by atoms with van der Waals surface area (Å²) in [5.74, 6) is 0.0166. The third kappa shape index (κ3) is 3.99. The number of carbonyl (C=O) groups excluding carboxylic acids is 2. The number of amides is 1. The zero-order valence-electron chi connectivity index (χ0n) is 15.9. The Hall–Kier alpha value is -2.53. The third-order valence-electron chi connectivity index (χ3n) is 5.87. The molecule has 0 aliphatic carbocycles. The second kappa shape index (κ2) is 8.23. The summed E-state index contributed by atoms with van der Waals surface area (Å²) in [5.41, 5.74) is 2.77. The minimum atomic E-state index is -0.314. The van der Waals surface area contributed by atoms with Crippen molar-refractivity contribution in [3.8, 4) is 0 Å². The maximum atomic E-state index is 13.0. The fourth-order valence-electron chi connectivity index (χ4n) is 4.28. The number of carbonyl (C=O) groups is 2. The highest BCUT2D eigenvalue weighted by Crippen LogP contribution is 2.28. The van der Waals surface area contributed by atoms with E-state index in [1.807, 2.05) is 29.2 Å². The molecule has 0 radical (unpaired) electrons. The number of anilines is 1. The van der Waals surface area contributed by atoms with Crippen LogP contribution in [0, 0.1) is 11.7 Å². The first-order chi connectivity index (χ1) is 13.6. The first kappa shape index (κ1) is 18.8. The molecular weight excluding hydrogens is 355 g/mol. The first-order valence-corrected chi connectivity index (χ1v) is 10.0. The Morgan fingerprint density at radius 1 is 1.00 bits per heavy atom. The van der Waals surface area contributed by atoms with Crippen LogP contribution in [0.1, 0.15) is 35.2 Å². The molecule has 2 aliphatic rings. The van der Waals surface area contributed by atoms with E-state index in [0.717, 1.165) is 56.7 Å². The van der Waals surface area contributed by atoms with E-state index in [0.29, 0.717) is 12.0 Å². The van der Waals surface area contributed by atoms with Gasteiger partial charge in [0.05, 0.1) is 6.42 Å².